The number of nitriles is 1. The third-order valence-electron chi connectivity index (χ3n) is 1.74. The fourth-order valence-electron chi connectivity index (χ4n) is 1.11. The predicted molar refractivity (Wildman–Crippen MR) is 58.5 cm³/mol. The van der Waals surface area contributed by atoms with Crippen LogP contribution in [0.2, 0.25) is 0 Å². The molecule has 0 fully saturated rings. The number of hydrogen-bond acceptors (Lipinski definition) is 4. The van der Waals surface area contributed by atoms with Gasteiger partial charge in [0.2, 0.25) is 0 Å². The Balaban J connectivity index is 3.63. The largest absolute Gasteiger partial charge is 0.494 e. The van der Waals surface area contributed by atoms with E-state index >= 15 is 0 Å². The standard InChI is InChI=1S/C9H8BrNO3S/c1-14-9-7(10)3-6(5-11)4-8(9)15(2,12)13/h3-4H,1-2H3. The normalized spacial score (nSPS) is 10.8. The van der Waals surface area contributed by atoms with Crippen LogP contribution in [0.3, 0.4) is 0 Å². The highest BCUT2D eigenvalue weighted by molar-refractivity contribution is 9.10. The molecule has 0 amide bonds. The first-order chi connectivity index (χ1) is 6.90. The van der Waals surface area contributed by atoms with Crippen molar-refractivity contribution in [2.75, 3.05) is 13.4 Å². The van der Waals surface area contributed by atoms with Gasteiger partial charge in [0, 0.05) is 6.26 Å². The van der Waals surface area contributed by atoms with Crippen LogP contribution in [-0.2, 0) is 9.84 Å². The molecule has 0 saturated heterocycles. The molecule has 4 nitrogen and oxygen atoms in total. The summed E-state index contributed by atoms with van der Waals surface area (Å²) in [5.41, 5.74) is 0.267. The van der Waals surface area contributed by atoms with Gasteiger partial charge in [-0.2, -0.15) is 5.26 Å². The molecule has 0 spiro atoms. The number of nitrogens with zero attached hydrogens (tertiary/aromatic N) is 1. The average Bonchev–Trinajstić information content (AvgIpc) is 2.15. The molecule has 0 saturated carbocycles. The van der Waals surface area contributed by atoms with Crippen molar-refractivity contribution in [3.05, 3.63) is 22.2 Å². The molecule has 0 heterocycles. The maximum atomic E-state index is 11.4. The van der Waals surface area contributed by atoms with Crippen LogP contribution >= 0.6 is 15.9 Å². The van der Waals surface area contributed by atoms with Gasteiger partial charge < -0.3 is 4.74 Å². The number of rotatable bonds is 2. The van der Waals surface area contributed by atoms with Gasteiger partial charge >= 0.3 is 0 Å². The molecular formula is C9H8BrNO3S. The van der Waals surface area contributed by atoms with Crippen LogP contribution in [0.25, 0.3) is 0 Å². The summed E-state index contributed by atoms with van der Waals surface area (Å²) in [6, 6.07) is 4.68. The highest BCUT2D eigenvalue weighted by Crippen LogP contribution is 2.33. The van der Waals surface area contributed by atoms with E-state index in [0.29, 0.717) is 4.47 Å². The van der Waals surface area contributed by atoms with Crippen LogP contribution in [0, 0.1) is 11.3 Å². The molecule has 0 bridgehead atoms. The minimum atomic E-state index is -3.41. The third kappa shape index (κ3) is 2.49. The van der Waals surface area contributed by atoms with Gasteiger partial charge in [0.15, 0.2) is 15.6 Å². The van der Waals surface area contributed by atoms with Crippen LogP contribution in [0.4, 0.5) is 0 Å². The molecule has 0 aliphatic heterocycles. The molecule has 0 radical (unpaired) electrons. The molecule has 0 unspecified atom stereocenters. The Morgan fingerprint density at radius 2 is 2.07 bits per heavy atom. The van der Waals surface area contributed by atoms with Gasteiger partial charge in [-0.1, -0.05) is 0 Å². The molecule has 1 aromatic rings. The van der Waals surface area contributed by atoms with Gasteiger partial charge in [0.25, 0.3) is 0 Å². The van der Waals surface area contributed by atoms with Crippen LogP contribution in [-0.4, -0.2) is 21.8 Å². The van der Waals surface area contributed by atoms with Crippen molar-refractivity contribution in [3.8, 4) is 11.8 Å². The third-order valence-corrected chi connectivity index (χ3v) is 3.43. The Bertz CT molecular complexity index is 531. The van der Waals surface area contributed by atoms with E-state index in [1.807, 2.05) is 6.07 Å². The minimum Gasteiger partial charge on any atom is -0.494 e. The first-order valence-corrected chi connectivity index (χ1v) is 6.56. The average molecular weight is 290 g/mol. The van der Waals surface area contributed by atoms with Crippen LogP contribution in [0.5, 0.6) is 5.75 Å². The highest BCUT2D eigenvalue weighted by Gasteiger charge is 2.18. The molecule has 1 aromatic carbocycles. The van der Waals surface area contributed by atoms with E-state index in [1.165, 1.54) is 19.2 Å². The van der Waals surface area contributed by atoms with Gasteiger partial charge in [0.05, 0.1) is 23.2 Å². The molecule has 6 heteroatoms. The molecule has 0 aliphatic carbocycles. The lowest BCUT2D eigenvalue weighted by Gasteiger charge is -2.09. The summed E-state index contributed by atoms with van der Waals surface area (Å²) in [6.07, 6.45) is 1.07. The first kappa shape index (κ1) is 12.0. The Kier molecular flexibility index (Phi) is 3.37. The monoisotopic (exact) mass is 289 g/mol. The van der Waals surface area contributed by atoms with Gasteiger partial charge in [-0.15, -0.1) is 0 Å². The zero-order valence-electron chi connectivity index (χ0n) is 8.11. The second kappa shape index (κ2) is 4.21. The van der Waals surface area contributed by atoms with Gasteiger partial charge in [-0.3, -0.25) is 0 Å². The smallest absolute Gasteiger partial charge is 0.179 e. The second-order valence-corrected chi connectivity index (χ2v) is 5.71. The summed E-state index contributed by atoms with van der Waals surface area (Å²) < 4.78 is 28.3. The van der Waals surface area contributed by atoms with E-state index < -0.39 is 9.84 Å². The van der Waals surface area contributed by atoms with E-state index in [0.717, 1.165) is 6.26 Å². The molecule has 0 N–H and O–H groups in total. The fraction of sp³-hybridized carbons (Fsp3) is 0.222. The van der Waals surface area contributed by atoms with E-state index in [4.69, 9.17) is 10.00 Å². The van der Waals surface area contributed by atoms with Crippen molar-refractivity contribution >= 4 is 25.8 Å². The summed E-state index contributed by atoms with van der Waals surface area (Å²) in [6.45, 7) is 0. The van der Waals surface area contributed by atoms with Crippen LogP contribution in [0.15, 0.2) is 21.5 Å². The van der Waals surface area contributed by atoms with Crippen LogP contribution in [0.1, 0.15) is 5.56 Å². The number of methoxy groups -OCH3 is 1. The maximum Gasteiger partial charge on any atom is 0.179 e. The van der Waals surface area contributed by atoms with Crippen molar-refractivity contribution in [1.82, 2.24) is 0 Å². The zero-order chi connectivity index (χ0) is 11.6. The number of halogens is 1. The summed E-state index contributed by atoms with van der Waals surface area (Å²) in [4.78, 5) is 0.0101. The van der Waals surface area contributed by atoms with Crippen molar-refractivity contribution in [3.63, 3.8) is 0 Å². The van der Waals surface area contributed by atoms with E-state index in [9.17, 15) is 8.42 Å². The van der Waals surface area contributed by atoms with Crippen LogP contribution < -0.4 is 4.74 Å². The summed E-state index contributed by atoms with van der Waals surface area (Å²) in [7, 11) is -2.03. The van der Waals surface area contributed by atoms with Crippen molar-refractivity contribution in [1.29, 1.82) is 5.26 Å². The Morgan fingerprint density at radius 3 is 2.47 bits per heavy atom. The molecule has 0 aliphatic rings. The topological polar surface area (TPSA) is 67.2 Å². The predicted octanol–water partition coefficient (Wildman–Crippen LogP) is 1.73. The van der Waals surface area contributed by atoms with Gasteiger partial charge in [-0.05, 0) is 28.1 Å². The van der Waals surface area contributed by atoms with Gasteiger partial charge in [0.1, 0.15) is 4.90 Å². The highest BCUT2D eigenvalue weighted by atomic mass is 79.9. The molecule has 80 valence electrons. The number of benzene rings is 1. The van der Waals surface area contributed by atoms with E-state index in [1.54, 1.807) is 0 Å². The molecule has 15 heavy (non-hydrogen) atoms. The Morgan fingerprint density at radius 1 is 1.47 bits per heavy atom. The molecule has 0 aromatic heterocycles. The number of ether oxygens (including phenoxy) is 1. The quantitative estimate of drug-likeness (QED) is 0.832. The summed E-state index contributed by atoms with van der Waals surface area (Å²) in [5, 5.41) is 8.71. The molecule has 0 atom stereocenters. The van der Waals surface area contributed by atoms with Gasteiger partial charge in [-0.25, -0.2) is 8.42 Å². The lowest BCUT2D eigenvalue weighted by molar-refractivity contribution is 0.400. The second-order valence-electron chi connectivity index (χ2n) is 2.87. The summed E-state index contributed by atoms with van der Waals surface area (Å²) >= 11 is 3.15. The Hall–Kier alpha value is -1.06. The fourth-order valence-corrected chi connectivity index (χ4v) is 2.73. The zero-order valence-corrected chi connectivity index (χ0v) is 10.5. The maximum absolute atomic E-state index is 11.4. The first-order valence-electron chi connectivity index (χ1n) is 3.88. The van der Waals surface area contributed by atoms with Crippen molar-refractivity contribution in [2.24, 2.45) is 0 Å². The lowest BCUT2D eigenvalue weighted by Crippen LogP contribution is -2.02. The lowest BCUT2D eigenvalue weighted by atomic mass is 10.2. The number of hydrogen-bond donors (Lipinski definition) is 0. The number of sulfone groups is 1. The molecular weight excluding hydrogens is 282 g/mol. The minimum absolute atomic E-state index is 0.0101. The van der Waals surface area contributed by atoms with E-state index in [-0.39, 0.29) is 16.2 Å². The molecule has 1 rings (SSSR count). The van der Waals surface area contributed by atoms with E-state index in [2.05, 4.69) is 15.9 Å². The summed E-state index contributed by atoms with van der Waals surface area (Å²) in [5.74, 6) is 0.219. The Labute approximate surface area is 96.5 Å². The SMILES string of the molecule is COc1c(Br)cc(C#N)cc1S(C)(=O)=O. The van der Waals surface area contributed by atoms with Crippen molar-refractivity contribution < 1.29 is 13.2 Å². The van der Waals surface area contributed by atoms with Crippen molar-refractivity contribution in [2.45, 2.75) is 4.90 Å².